The van der Waals surface area contributed by atoms with Gasteiger partial charge in [0.15, 0.2) is 0 Å². The minimum absolute atomic E-state index is 0.0604. The van der Waals surface area contributed by atoms with Crippen LogP contribution in [0.1, 0.15) is 43.9 Å². The molecule has 186 valence electrons. The maximum atomic E-state index is 13.8. The van der Waals surface area contributed by atoms with Crippen molar-refractivity contribution in [1.29, 1.82) is 0 Å². The number of carboxylic acid groups (broad SMARTS) is 1. The van der Waals surface area contributed by atoms with Crippen molar-refractivity contribution in [3.63, 3.8) is 0 Å². The molecule has 36 heavy (non-hydrogen) atoms. The Balaban J connectivity index is 1.88. The van der Waals surface area contributed by atoms with Gasteiger partial charge in [-0.1, -0.05) is 68.5 Å². The Labute approximate surface area is 213 Å². The van der Waals surface area contributed by atoms with Gasteiger partial charge in [-0.2, -0.15) is 0 Å². The third-order valence-corrected chi connectivity index (χ3v) is 6.97. The van der Waals surface area contributed by atoms with Gasteiger partial charge < -0.3 is 15.3 Å². The van der Waals surface area contributed by atoms with Gasteiger partial charge in [0.05, 0.1) is 24.3 Å². The number of aliphatic hydroxyl groups excluding tert-OH is 2. The molecule has 0 radical (unpaired) electrons. The van der Waals surface area contributed by atoms with Crippen molar-refractivity contribution < 1.29 is 24.5 Å². The number of hydrogen-bond donors (Lipinski definition) is 3. The van der Waals surface area contributed by atoms with E-state index >= 15 is 0 Å². The number of thiophene rings is 1. The summed E-state index contributed by atoms with van der Waals surface area (Å²) in [7, 11) is 0. The molecular weight excluding hydrogens is 477 g/mol. The van der Waals surface area contributed by atoms with Gasteiger partial charge in [0.2, 0.25) is 0 Å². The highest BCUT2D eigenvalue weighted by atomic mass is 32.1. The second-order valence-corrected chi connectivity index (χ2v) is 10.1. The van der Waals surface area contributed by atoms with E-state index in [0.717, 1.165) is 43.0 Å². The van der Waals surface area contributed by atoms with Crippen LogP contribution in [0.3, 0.4) is 0 Å². The smallest absolute Gasteiger partial charge is 0.305 e. The zero-order chi connectivity index (χ0) is 25.8. The van der Waals surface area contributed by atoms with E-state index in [0.29, 0.717) is 0 Å². The summed E-state index contributed by atoms with van der Waals surface area (Å²) >= 11 is 1.59. The highest BCUT2D eigenvalue weighted by molar-refractivity contribution is 7.22. The lowest BCUT2D eigenvalue weighted by molar-refractivity contribution is -0.139. The Morgan fingerprint density at radius 3 is 2.39 bits per heavy atom. The number of aliphatic hydroxyl groups is 2. The van der Waals surface area contributed by atoms with Crippen molar-refractivity contribution in [3.8, 4) is 21.6 Å². The van der Waals surface area contributed by atoms with Crippen LogP contribution in [0.15, 0.2) is 66.7 Å². The van der Waals surface area contributed by atoms with Crippen LogP contribution in [0.4, 0.5) is 4.39 Å². The van der Waals surface area contributed by atoms with E-state index in [1.54, 1.807) is 35.6 Å². The summed E-state index contributed by atoms with van der Waals surface area (Å²) in [5.74, 6) is -1.39. The number of fused-ring (bicyclic) bond motifs is 1. The minimum atomic E-state index is -1.16. The van der Waals surface area contributed by atoms with Crippen LogP contribution in [-0.4, -0.2) is 38.5 Å². The van der Waals surface area contributed by atoms with Crippen LogP contribution in [0.2, 0.25) is 0 Å². The summed E-state index contributed by atoms with van der Waals surface area (Å²) in [4.78, 5) is 17.8. The van der Waals surface area contributed by atoms with Crippen molar-refractivity contribution >= 4 is 33.6 Å². The molecule has 0 aliphatic rings. The first-order chi connectivity index (χ1) is 17.2. The average Bonchev–Trinajstić information content (AvgIpc) is 3.26. The minimum Gasteiger partial charge on any atom is -0.481 e. The molecule has 0 amide bonds. The molecule has 5 nitrogen and oxygen atoms in total. The van der Waals surface area contributed by atoms with Crippen LogP contribution in [0.25, 0.3) is 37.9 Å². The van der Waals surface area contributed by atoms with Gasteiger partial charge in [0.1, 0.15) is 10.6 Å². The van der Waals surface area contributed by atoms with Gasteiger partial charge in [-0.05, 0) is 35.2 Å². The number of aromatic nitrogens is 1. The molecular formula is C29H28FNO4S. The summed E-state index contributed by atoms with van der Waals surface area (Å²) in [6.07, 6.45) is 0.592. The number of pyridine rings is 1. The maximum Gasteiger partial charge on any atom is 0.305 e. The maximum absolute atomic E-state index is 13.8. The van der Waals surface area contributed by atoms with Crippen molar-refractivity contribution in [1.82, 2.24) is 4.98 Å². The Morgan fingerprint density at radius 1 is 1.06 bits per heavy atom. The van der Waals surface area contributed by atoms with Gasteiger partial charge in [-0.25, -0.2) is 9.37 Å². The summed E-state index contributed by atoms with van der Waals surface area (Å²) in [5, 5.41) is 30.2. The third-order valence-electron chi connectivity index (χ3n) is 5.90. The van der Waals surface area contributed by atoms with Gasteiger partial charge >= 0.3 is 5.97 Å². The van der Waals surface area contributed by atoms with E-state index in [4.69, 9.17) is 10.1 Å². The predicted molar refractivity (Wildman–Crippen MR) is 142 cm³/mol. The number of hydrogen-bond acceptors (Lipinski definition) is 5. The summed E-state index contributed by atoms with van der Waals surface area (Å²) in [6.45, 7) is 4.08. The lowest BCUT2D eigenvalue weighted by Crippen LogP contribution is -2.19. The molecule has 4 rings (SSSR count). The van der Waals surface area contributed by atoms with Crippen molar-refractivity contribution in [2.75, 3.05) is 0 Å². The second kappa shape index (κ2) is 11.1. The van der Waals surface area contributed by atoms with Gasteiger partial charge in [-0.15, -0.1) is 11.3 Å². The monoisotopic (exact) mass is 505 g/mol. The van der Waals surface area contributed by atoms with Gasteiger partial charge in [0, 0.05) is 27.8 Å². The Hall–Kier alpha value is -3.39. The van der Waals surface area contributed by atoms with Crippen LogP contribution >= 0.6 is 11.3 Å². The molecule has 0 saturated heterocycles. The zero-order valence-corrected chi connectivity index (χ0v) is 20.9. The summed E-state index contributed by atoms with van der Waals surface area (Å²) in [6, 6.07) is 18.4. The number of halogens is 1. The van der Waals surface area contributed by atoms with E-state index in [1.807, 2.05) is 44.2 Å². The quantitative estimate of drug-likeness (QED) is 0.242. The largest absolute Gasteiger partial charge is 0.481 e. The molecule has 0 saturated carbocycles. The average molecular weight is 506 g/mol. The predicted octanol–water partition coefficient (Wildman–Crippen LogP) is 6.49. The Kier molecular flexibility index (Phi) is 7.94. The van der Waals surface area contributed by atoms with Crippen LogP contribution in [0.5, 0.6) is 0 Å². The van der Waals surface area contributed by atoms with Crippen LogP contribution in [-0.2, 0) is 4.79 Å². The molecule has 2 heterocycles. The summed E-state index contributed by atoms with van der Waals surface area (Å²) in [5.41, 5.74) is 4.42. The molecule has 4 aromatic rings. The molecule has 2 aromatic carbocycles. The van der Waals surface area contributed by atoms with Crippen LogP contribution in [0, 0.1) is 5.82 Å². The fourth-order valence-corrected chi connectivity index (χ4v) is 5.27. The fraction of sp³-hybridized carbons (Fsp3) is 0.241. The third kappa shape index (κ3) is 5.87. The first-order valence-corrected chi connectivity index (χ1v) is 12.6. The van der Waals surface area contributed by atoms with E-state index in [-0.39, 0.29) is 18.2 Å². The van der Waals surface area contributed by atoms with Crippen LogP contribution < -0.4 is 0 Å². The molecule has 7 heteroatoms. The van der Waals surface area contributed by atoms with E-state index < -0.39 is 24.6 Å². The SMILES string of the molecule is CC(C)c1nc2sc(-c3ccccc3)cc2c(-c2ccc(F)cc2)c1/C=C/[C@@H](O)C[C@@H](O)CC(=O)O. The van der Waals surface area contributed by atoms with Crippen molar-refractivity contribution in [2.24, 2.45) is 0 Å². The molecule has 2 atom stereocenters. The normalized spacial score (nSPS) is 13.5. The molecule has 0 aliphatic carbocycles. The lowest BCUT2D eigenvalue weighted by atomic mass is 9.91. The second-order valence-electron chi connectivity index (χ2n) is 9.06. The molecule has 2 aromatic heterocycles. The fourth-order valence-electron chi connectivity index (χ4n) is 4.22. The van der Waals surface area contributed by atoms with Gasteiger partial charge in [0.25, 0.3) is 0 Å². The number of aliphatic carboxylic acids is 1. The van der Waals surface area contributed by atoms with Gasteiger partial charge in [-0.3, -0.25) is 4.79 Å². The molecule has 3 N–H and O–H groups in total. The lowest BCUT2D eigenvalue weighted by Gasteiger charge is -2.17. The Bertz CT molecular complexity index is 1380. The number of rotatable bonds is 9. The number of nitrogens with zero attached hydrogens (tertiary/aromatic N) is 1. The molecule has 0 bridgehead atoms. The number of benzene rings is 2. The van der Waals surface area contributed by atoms with E-state index in [9.17, 15) is 19.4 Å². The summed E-state index contributed by atoms with van der Waals surface area (Å²) < 4.78 is 13.8. The Morgan fingerprint density at radius 2 is 1.75 bits per heavy atom. The molecule has 0 unspecified atom stereocenters. The molecule has 0 spiro atoms. The topological polar surface area (TPSA) is 90.7 Å². The first-order valence-electron chi connectivity index (χ1n) is 11.8. The van der Waals surface area contributed by atoms with E-state index in [1.165, 1.54) is 12.1 Å². The number of carboxylic acids is 1. The highest BCUT2D eigenvalue weighted by Crippen LogP contribution is 2.42. The first kappa shape index (κ1) is 25.7. The zero-order valence-electron chi connectivity index (χ0n) is 20.1. The van der Waals surface area contributed by atoms with E-state index in [2.05, 4.69) is 6.07 Å². The molecule has 0 aliphatic heterocycles. The number of carbonyl (C=O) groups is 1. The van der Waals surface area contributed by atoms with Crippen molar-refractivity contribution in [2.45, 2.75) is 44.8 Å². The standard InChI is InChI=1S/C29H28FNO4S/c1-17(2)28-23(13-12-21(32)14-22(33)15-26(34)35)27(19-8-10-20(30)11-9-19)24-16-25(36-29(24)31-28)18-6-4-3-5-7-18/h3-13,16-17,21-22,32-33H,14-15H2,1-2H3,(H,34,35)/b13-12+/t21-,22-/m1/s1. The van der Waals surface area contributed by atoms with Crippen molar-refractivity contribution in [3.05, 3.63) is 83.8 Å². The molecule has 0 fully saturated rings. The highest BCUT2D eigenvalue weighted by Gasteiger charge is 2.20.